The Morgan fingerprint density at radius 1 is 0.952 bits per heavy atom. The van der Waals surface area contributed by atoms with E-state index in [1.807, 2.05) is 20.8 Å². The van der Waals surface area contributed by atoms with Crippen molar-refractivity contribution in [2.24, 2.45) is 23.2 Å². The van der Waals surface area contributed by atoms with Gasteiger partial charge in [0, 0.05) is 12.1 Å². The van der Waals surface area contributed by atoms with Gasteiger partial charge in [0.25, 0.3) is 0 Å². The van der Waals surface area contributed by atoms with E-state index in [0.29, 0.717) is 11.5 Å². The van der Waals surface area contributed by atoms with E-state index in [1.54, 1.807) is 0 Å². The third kappa shape index (κ3) is 2.99. The van der Waals surface area contributed by atoms with Crippen molar-refractivity contribution in [1.82, 2.24) is 10.6 Å². The predicted octanol–water partition coefficient (Wildman–Crippen LogP) is 3.09. The first-order valence-corrected chi connectivity index (χ1v) is 8.94. The number of rotatable bonds is 5. The number of carbonyl (C=O) groups excluding carboxylic acids is 1. The fourth-order valence-corrected chi connectivity index (χ4v) is 5.74. The predicted molar refractivity (Wildman–Crippen MR) is 85.9 cm³/mol. The van der Waals surface area contributed by atoms with Crippen LogP contribution in [-0.4, -0.2) is 24.0 Å². The molecule has 120 valence electrons. The van der Waals surface area contributed by atoms with Crippen molar-refractivity contribution in [3.05, 3.63) is 0 Å². The van der Waals surface area contributed by atoms with Crippen LogP contribution in [0, 0.1) is 23.2 Å². The van der Waals surface area contributed by atoms with Crippen molar-refractivity contribution < 1.29 is 4.79 Å². The highest BCUT2D eigenvalue weighted by atomic mass is 16.2. The molecule has 0 aromatic rings. The molecule has 0 aliphatic heterocycles. The average Bonchev–Trinajstić information content (AvgIpc) is 2.35. The second-order valence-electron chi connectivity index (χ2n) is 8.55. The first-order chi connectivity index (χ1) is 9.88. The summed E-state index contributed by atoms with van der Waals surface area (Å²) in [5.41, 5.74) is 0.473. The zero-order valence-corrected chi connectivity index (χ0v) is 14.1. The molecule has 4 aliphatic rings. The summed E-state index contributed by atoms with van der Waals surface area (Å²) < 4.78 is 0. The maximum Gasteiger partial charge on any atom is 0.237 e. The number of carbonyl (C=O) groups is 1. The molecule has 0 heterocycles. The van der Waals surface area contributed by atoms with Crippen LogP contribution in [0.5, 0.6) is 0 Å². The molecule has 2 atom stereocenters. The third-order valence-electron chi connectivity index (χ3n) is 6.33. The van der Waals surface area contributed by atoms with E-state index in [-0.39, 0.29) is 18.0 Å². The van der Waals surface area contributed by atoms with Gasteiger partial charge in [-0.3, -0.25) is 4.79 Å². The lowest BCUT2D eigenvalue weighted by Gasteiger charge is -2.59. The summed E-state index contributed by atoms with van der Waals surface area (Å²) in [6, 6.07) is 0.589. The summed E-state index contributed by atoms with van der Waals surface area (Å²) in [4.78, 5) is 12.1. The van der Waals surface area contributed by atoms with E-state index in [9.17, 15) is 4.79 Å². The lowest BCUT2D eigenvalue weighted by Crippen LogP contribution is -2.58. The van der Waals surface area contributed by atoms with Gasteiger partial charge in [-0.25, -0.2) is 0 Å². The minimum atomic E-state index is -0.0876. The Balaban J connectivity index is 1.62. The highest BCUT2D eigenvalue weighted by Gasteiger charge is 2.53. The Labute approximate surface area is 129 Å². The molecule has 0 saturated heterocycles. The van der Waals surface area contributed by atoms with Gasteiger partial charge < -0.3 is 10.6 Å². The molecule has 4 rings (SSSR count). The molecule has 4 bridgehead atoms. The molecular weight excluding hydrogens is 260 g/mol. The SMILES string of the molecule is CC(C)NC(=O)[C@@H](C)N[C@H](C)C12CC3CC(CC(C3)C1)C2. The Hall–Kier alpha value is -0.570. The summed E-state index contributed by atoms with van der Waals surface area (Å²) in [7, 11) is 0. The number of amides is 1. The van der Waals surface area contributed by atoms with Crippen molar-refractivity contribution in [1.29, 1.82) is 0 Å². The van der Waals surface area contributed by atoms with Gasteiger partial charge in [0.05, 0.1) is 6.04 Å². The van der Waals surface area contributed by atoms with Crippen LogP contribution >= 0.6 is 0 Å². The van der Waals surface area contributed by atoms with Crippen LogP contribution in [0.4, 0.5) is 0 Å². The quantitative estimate of drug-likeness (QED) is 0.817. The van der Waals surface area contributed by atoms with E-state index in [2.05, 4.69) is 17.6 Å². The van der Waals surface area contributed by atoms with E-state index < -0.39 is 0 Å². The third-order valence-corrected chi connectivity index (χ3v) is 6.33. The highest BCUT2D eigenvalue weighted by Crippen LogP contribution is 2.61. The highest BCUT2D eigenvalue weighted by molar-refractivity contribution is 5.81. The molecule has 4 fully saturated rings. The summed E-state index contributed by atoms with van der Waals surface area (Å²) in [6.45, 7) is 8.38. The molecular formula is C18H32N2O. The molecule has 2 N–H and O–H groups in total. The molecule has 0 radical (unpaired) electrons. The molecule has 0 aromatic heterocycles. The van der Waals surface area contributed by atoms with Crippen LogP contribution in [0.2, 0.25) is 0 Å². The second-order valence-corrected chi connectivity index (χ2v) is 8.55. The molecule has 3 heteroatoms. The van der Waals surface area contributed by atoms with Gasteiger partial charge in [0.1, 0.15) is 0 Å². The summed E-state index contributed by atoms with van der Waals surface area (Å²) in [6.07, 6.45) is 8.63. The molecule has 0 unspecified atom stereocenters. The largest absolute Gasteiger partial charge is 0.353 e. The average molecular weight is 292 g/mol. The van der Waals surface area contributed by atoms with Gasteiger partial charge in [-0.2, -0.15) is 0 Å². The zero-order chi connectivity index (χ0) is 15.2. The minimum absolute atomic E-state index is 0.0876. The standard InChI is InChI=1S/C18H32N2O/c1-11(2)19-17(21)12(3)20-13(4)18-8-14-5-15(9-18)7-16(6-14)10-18/h11-16,20H,5-10H2,1-4H3,(H,19,21)/t12-,13-,14?,15?,16?,18?/m1/s1. The van der Waals surface area contributed by atoms with Gasteiger partial charge in [0.15, 0.2) is 0 Å². The molecule has 4 aliphatic carbocycles. The lowest BCUT2D eigenvalue weighted by molar-refractivity contribution is -0.124. The van der Waals surface area contributed by atoms with Crippen LogP contribution in [0.25, 0.3) is 0 Å². The molecule has 3 nitrogen and oxygen atoms in total. The van der Waals surface area contributed by atoms with Gasteiger partial charge in [-0.1, -0.05) is 0 Å². The van der Waals surface area contributed by atoms with Crippen molar-refractivity contribution in [2.75, 3.05) is 0 Å². The molecule has 21 heavy (non-hydrogen) atoms. The van der Waals surface area contributed by atoms with E-state index in [4.69, 9.17) is 0 Å². The molecule has 0 spiro atoms. The summed E-state index contributed by atoms with van der Waals surface area (Å²) >= 11 is 0. The summed E-state index contributed by atoms with van der Waals surface area (Å²) in [5.74, 6) is 3.06. The Morgan fingerprint density at radius 3 is 1.86 bits per heavy atom. The van der Waals surface area contributed by atoms with E-state index >= 15 is 0 Å². The van der Waals surface area contributed by atoms with Crippen LogP contribution in [-0.2, 0) is 4.79 Å². The normalized spacial score (nSPS) is 40.3. The lowest BCUT2D eigenvalue weighted by atomic mass is 9.48. The van der Waals surface area contributed by atoms with Crippen LogP contribution in [0.15, 0.2) is 0 Å². The first-order valence-electron chi connectivity index (χ1n) is 8.94. The van der Waals surface area contributed by atoms with Gasteiger partial charge in [-0.05, 0) is 89.4 Å². The van der Waals surface area contributed by atoms with E-state index in [0.717, 1.165) is 17.8 Å². The fourth-order valence-electron chi connectivity index (χ4n) is 5.74. The van der Waals surface area contributed by atoms with Crippen molar-refractivity contribution in [3.63, 3.8) is 0 Å². The van der Waals surface area contributed by atoms with Crippen molar-refractivity contribution in [2.45, 2.75) is 84.3 Å². The smallest absolute Gasteiger partial charge is 0.237 e. The Kier molecular flexibility index (Phi) is 4.06. The van der Waals surface area contributed by atoms with Crippen LogP contribution < -0.4 is 10.6 Å². The fraction of sp³-hybridized carbons (Fsp3) is 0.944. The maximum atomic E-state index is 12.1. The Morgan fingerprint density at radius 2 is 1.43 bits per heavy atom. The monoisotopic (exact) mass is 292 g/mol. The Bertz CT molecular complexity index is 369. The number of hydrogen-bond acceptors (Lipinski definition) is 2. The molecule has 1 amide bonds. The number of nitrogens with one attached hydrogen (secondary N) is 2. The minimum Gasteiger partial charge on any atom is -0.353 e. The van der Waals surface area contributed by atoms with Gasteiger partial charge in [-0.15, -0.1) is 0 Å². The number of hydrogen-bond donors (Lipinski definition) is 2. The van der Waals surface area contributed by atoms with E-state index in [1.165, 1.54) is 38.5 Å². The van der Waals surface area contributed by atoms with Crippen molar-refractivity contribution >= 4 is 5.91 Å². The van der Waals surface area contributed by atoms with Gasteiger partial charge in [0.2, 0.25) is 5.91 Å². The molecule has 4 saturated carbocycles. The zero-order valence-electron chi connectivity index (χ0n) is 14.1. The van der Waals surface area contributed by atoms with Crippen LogP contribution in [0.3, 0.4) is 0 Å². The topological polar surface area (TPSA) is 41.1 Å². The van der Waals surface area contributed by atoms with Crippen molar-refractivity contribution in [3.8, 4) is 0 Å². The van der Waals surface area contributed by atoms with Gasteiger partial charge >= 0.3 is 0 Å². The summed E-state index contributed by atoms with van der Waals surface area (Å²) in [5, 5.41) is 6.65. The first kappa shape index (κ1) is 15.3. The maximum absolute atomic E-state index is 12.1. The second kappa shape index (κ2) is 5.57. The van der Waals surface area contributed by atoms with Crippen LogP contribution in [0.1, 0.15) is 66.2 Å². The molecule has 0 aromatic carbocycles.